The lowest BCUT2D eigenvalue weighted by molar-refractivity contribution is -0.155. The fraction of sp³-hybridized carbons (Fsp3) is 0.516. The standard InChI is InChI=1S/C62H76N8O8S/c1-9-67-50-21-18-41-32-46(50)47(54(67)45-12-10-24-63-51(45)36(2)3)33-61(7,8)35-78-59(75)48-13-11-25-69(65-48)57(73)49(30-39-28-42(41)31-43(71)29-39)64-56(72)52(37(4)5)68-27-23-62(60(68)76)22-26-66(34-62)58(74)55-53(40-16-17-40)70(55)79(77)44-19-14-38(6)15-20-44/h10,12,14-15,18-21,24,28-29,31-32,36-37,40,48-49,52-53,55,65,71H,9,11,13,16-17,22-23,25-27,30,33-35H2,1-8H3,(H,64,72)/t48-,49-,52-,53+,55+,62-,70?,79+/m0/s1. The molecular weight excluding hydrogens is 1020 g/mol. The van der Waals surface area contributed by atoms with E-state index in [-0.39, 0.29) is 61.6 Å². The number of esters is 1. The Morgan fingerprint density at radius 3 is 2.42 bits per heavy atom. The van der Waals surface area contributed by atoms with Crippen LogP contribution in [0, 0.1) is 29.6 Å². The number of carbonyl (C=O) groups is 5. The van der Waals surface area contributed by atoms with Crippen LogP contribution in [0.2, 0.25) is 0 Å². The van der Waals surface area contributed by atoms with E-state index in [0.29, 0.717) is 68.1 Å². The summed E-state index contributed by atoms with van der Waals surface area (Å²) in [5.41, 5.74) is 10.3. The van der Waals surface area contributed by atoms with Gasteiger partial charge in [-0.15, -0.1) is 0 Å². The number of nitrogens with one attached hydrogen (secondary N) is 2. The molecule has 79 heavy (non-hydrogen) atoms. The van der Waals surface area contributed by atoms with Gasteiger partial charge in [0.1, 0.15) is 40.9 Å². The normalized spacial score (nSPS) is 26.0. The van der Waals surface area contributed by atoms with Crippen molar-refractivity contribution in [2.24, 2.45) is 22.7 Å². The second-order valence-electron chi connectivity index (χ2n) is 24.7. The molecule has 1 unspecified atom stereocenters. The SMILES string of the molecule is CCn1c(-c2cccnc2C(C)C)c2c3cc(ccc31)-c1cc(O)cc(c1)C[C@H](NC(=O)[C@H](C(C)C)N1CC[C@]3(CCN(C(=O)[C@H]4[C@@H](C5CC5)N4[S@](=O)c4ccc(C)cc4)C3)C1=O)C(=O)N1CCC[C@H](N1)C(=O)OCC(C)(C)C2. The van der Waals surface area contributed by atoms with Crippen LogP contribution in [-0.2, 0) is 59.1 Å². The molecule has 1 aliphatic carbocycles. The van der Waals surface area contributed by atoms with Gasteiger partial charge in [-0.1, -0.05) is 71.4 Å². The number of fused-ring (bicyclic) bond motifs is 6. The number of aryl methyl sites for hydroxylation is 2. The lowest BCUT2D eigenvalue weighted by atomic mass is 9.83. The van der Waals surface area contributed by atoms with Crippen molar-refractivity contribution in [1.29, 1.82) is 0 Å². The Morgan fingerprint density at radius 1 is 0.937 bits per heavy atom. The first kappa shape index (κ1) is 54.5. The molecule has 3 aromatic carbocycles. The maximum atomic E-state index is 15.0. The van der Waals surface area contributed by atoms with Crippen molar-refractivity contribution in [1.82, 2.24) is 39.4 Å². The molecular formula is C62H76N8O8S. The molecule has 2 aromatic heterocycles. The third-order valence-corrected chi connectivity index (χ3v) is 19.0. The van der Waals surface area contributed by atoms with Crippen LogP contribution in [0.25, 0.3) is 33.3 Å². The highest BCUT2D eigenvalue weighted by Crippen LogP contribution is 2.51. The van der Waals surface area contributed by atoms with Crippen LogP contribution in [-0.4, -0.2) is 131 Å². The summed E-state index contributed by atoms with van der Waals surface area (Å²) in [6.07, 6.45) is 6.25. The number of likely N-dealkylation sites (tertiary alicyclic amines) is 2. The molecule has 5 fully saturated rings. The molecule has 1 saturated carbocycles. The molecule has 4 amide bonds. The van der Waals surface area contributed by atoms with Crippen molar-refractivity contribution in [3.63, 3.8) is 0 Å². The van der Waals surface area contributed by atoms with Crippen molar-refractivity contribution in [2.75, 3.05) is 32.8 Å². The quantitative estimate of drug-likeness (QED) is 0.0870. The van der Waals surface area contributed by atoms with Crippen LogP contribution >= 0.6 is 0 Å². The largest absolute Gasteiger partial charge is 0.508 e. The van der Waals surface area contributed by atoms with E-state index in [9.17, 15) is 23.7 Å². The van der Waals surface area contributed by atoms with Crippen molar-refractivity contribution < 1.29 is 38.0 Å². The monoisotopic (exact) mass is 1090 g/mol. The molecule has 11 rings (SSSR count). The Bertz CT molecular complexity index is 3260. The van der Waals surface area contributed by atoms with Crippen LogP contribution in [0.3, 0.4) is 0 Å². The number of carbonyl (C=O) groups excluding carboxylic acids is 5. The highest BCUT2D eigenvalue weighted by Gasteiger charge is 2.64. The number of aromatic nitrogens is 2. The second-order valence-corrected chi connectivity index (χ2v) is 26.1. The van der Waals surface area contributed by atoms with Gasteiger partial charge in [-0.3, -0.25) is 34.0 Å². The number of phenols is 1. The number of hydrogen-bond acceptors (Lipinski definition) is 10. The van der Waals surface area contributed by atoms with E-state index in [1.807, 2.05) is 73.7 Å². The molecule has 3 N–H and O–H groups in total. The van der Waals surface area contributed by atoms with E-state index >= 15 is 9.59 Å². The number of hydrazine groups is 1. The molecule has 0 radical (unpaired) electrons. The summed E-state index contributed by atoms with van der Waals surface area (Å²) in [4.78, 5) is 82.4. The van der Waals surface area contributed by atoms with Crippen LogP contribution < -0.4 is 10.7 Å². The third kappa shape index (κ3) is 10.4. The lowest BCUT2D eigenvalue weighted by Gasteiger charge is -2.37. The summed E-state index contributed by atoms with van der Waals surface area (Å²) < 4.78 is 24.2. The predicted molar refractivity (Wildman–Crippen MR) is 302 cm³/mol. The molecule has 5 aliphatic heterocycles. The van der Waals surface area contributed by atoms with Gasteiger partial charge in [0.25, 0.3) is 5.91 Å². The first-order chi connectivity index (χ1) is 37.8. The summed E-state index contributed by atoms with van der Waals surface area (Å²) in [6, 6.07) is 19.8. The number of hydrogen-bond donors (Lipinski definition) is 3. The van der Waals surface area contributed by atoms with E-state index < -0.39 is 63.8 Å². The molecule has 6 aliphatic rings. The van der Waals surface area contributed by atoms with Gasteiger partial charge in [0.2, 0.25) is 17.7 Å². The Morgan fingerprint density at radius 2 is 1.70 bits per heavy atom. The minimum absolute atomic E-state index is 0.00219. The van der Waals surface area contributed by atoms with Gasteiger partial charge in [-0.25, -0.2) is 13.9 Å². The maximum absolute atomic E-state index is 15.0. The van der Waals surface area contributed by atoms with Crippen molar-refractivity contribution in [3.8, 4) is 28.1 Å². The van der Waals surface area contributed by atoms with E-state index in [4.69, 9.17) is 9.72 Å². The fourth-order valence-electron chi connectivity index (χ4n) is 13.3. The summed E-state index contributed by atoms with van der Waals surface area (Å²) in [5, 5.41) is 17.0. The topological polar surface area (TPSA) is 186 Å². The Labute approximate surface area is 466 Å². The first-order valence-electron chi connectivity index (χ1n) is 28.6. The average molecular weight is 1090 g/mol. The Hall–Kier alpha value is -6.43. The zero-order valence-electron chi connectivity index (χ0n) is 46.9. The van der Waals surface area contributed by atoms with Crippen molar-refractivity contribution in [3.05, 3.63) is 101 Å². The minimum Gasteiger partial charge on any atom is -0.508 e. The van der Waals surface area contributed by atoms with Gasteiger partial charge < -0.3 is 29.5 Å². The van der Waals surface area contributed by atoms with Crippen LogP contribution in [0.5, 0.6) is 5.75 Å². The number of rotatable bonds is 11. The summed E-state index contributed by atoms with van der Waals surface area (Å²) in [7, 11) is -1.49. The number of pyridine rings is 1. The van der Waals surface area contributed by atoms with Crippen molar-refractivity contribution >= 4 is 51.5 Å². The summed E-state index contributed by atoms with van der Waals surface area (Å²) in [5.74, 6) is -1.60. The second kappa shape index (κ2) is 21.2. The number of nitrogens with zero attached hydrogens (tertiary/aromatic N) is 6. The molecule has 5 aromatic rings. The highest BCUT2D eigenvalue weighted by molar-refractivity contribution is 7.83. The molecule has 17 heteroatoms. The molecule has 6 bridgehead atoms. The number of phenolic OH excluding ortho intramolecular Hbond substituents is 1. The number of cyclic esters (lactones) is 1. The third-order valence-electron chi connectivity index (χ3n) is 17.5. The van der Waals surface area contributed by atoms with Crippen LogP contribution in [0.4, 0.5) is 0 Å². The van der Waals surface area contributed by atoms with Gasteiger partial charge in [0.15, 0.2) is 0 Å². The van der Waals surface area contributed by atoms with E-state index in [0.717, 1.165) is 62.9 Å². The Kier molecular flexibility index (Phi) is 14.7. The van der Waals surface area contributed by atoms with Gasteiger partial charge >= 0.3 is 5.97 Å². The highest BCUT2D eigenvalue weighted by atomic mass is 32.2. The fourth-order valence-corrected chi connectivity index (χ4v) is 14.8. The number of aromatic hydroxyl groups is 1. The van der Waals surface area contributed by atoms with Crippen LogP contribution in [0.15, 0.2) is 83.9 Å². The zero-order valence-corrected chi connectivity index (χ0v) is 47.7. The number of ether oxygens (including phenoxy) is 1. The van der Waals surface area contributed by atoms with Gasteiger partial charge in [0, 0.05) is 67.2 Å². The minimum atomic E-state index is -1.49. The van der Waals surface area contributed by atoms with E-state index in [1.54, 1.807) is 21.9 Å². The number of benzene rings is 3. The smallest absolute Gasteiger partial charge is 0.324 e. The van der Waals surface area contributed by atoms with Gasteiger partial charge in [-0.2, -0.15) is 0 Å². The van der Waals surface area contributed by atoms with E-state index in [1.165, 1.54) is 5.01 Å². The predicted octanol–water partition coefficient (Wildman–Crippen LogP) is 7.84. The van der Waals surface area contributed by atoms with Gasteiger partial charge in [0.05, 0.1) is 34.3 Å². The average Bonchev–Trinajstić information content (AvgIpc) is 4.44. The Balaban J connectivity index is 0.886. The first-order valence-corrected chi connectivity index (χ1v) is 29.7. The molecule has 4 saturated heterocycles. The zero-order chi connectivity index (χ0) is 55.8. The summed E-state index contributed by atoms with van der Waals surface area (Å²) >= 11 is 0. The molecule has 16 nitrogen and oxygen atoms in total. The summed E-state index contributed by atoms with van der Waals surface area (Å²) in [6.45, 7) is 18.4. The lowest BCUT2D eigenvalue weighted by Crippen LogP contribution is -2.62. The van der Waals surface area contributed by atoms with Crippen molar-refractivity contribution in [2.45, 2.75) is 154 Å². The maximum Gasteiger partial charge on any atom is 0.324 e. The van der Waals surface area contributed by atoms with E-state index in [2.05, 4.69) is 68.1 Å². The van der Waals surface area contributed by atoms with Crippen LogP contribution in [0.1, 0.15) is 115 Å². The molecule has 418 valence electrons. The van der Waals surface area contributed by atoms with Gasteiger partial charge in [-0.05, 0) is 147 Å². The molecule has 1 spiro atoms. The molecule has 7 heterocycles. The number of amides is 4. The molecule has 8 atom stereocenters.